The fourth-order valence-electron chi connectivity index (χ4n) is 3.21. The Morgan fingerprint density at radius 3 is 2.35 bits per heavy atom. The molecule has 0 radical (unpaired) electrons. The van der Waals surface area contributed by atoms with Crippen LogP contribution in [0, 0.1) is 13.0 Å². The third-order valence-electron chi connectivity index (χ3n) is 4.82. The number of amides is 2. The molecule has 3 aromatic rings. The number of hydrogen-bond donors (Lipinski definition) is 1. The maximum Gasteiger partial charge on any atom is 0.270 e. The van der Waals surface area contributed by atoms with Crippen LogP contribution in [-0.2, 0) is 16.2 Å². The molecule has 1 aliphatic rings. The number of halogens is 4. The van der Waals surface area contributed by atoms with Crippen LogP contribution >= 0.6 is 73.3 Å². The molecule has 0 aromatic heterocycles. The Balaban J connectivity index is 1.61. The van der Waals surface area contributed by atoms with E-state index in [9.17, 15) is 14.0 Å². The zero-order chi connectivity index (χ0) is 24.4. The molecule has 0 aliphatic carbocycles. The van der Waals surface area contributed by atoms with Gasteiger partial charge < -0.3 is 4.74 Å². The molecule has 34 heavy (non-hydrogen) atoms. The molecule has 1 heterocycles. The van der Waals surface area contributed by atoms with Crippen molar-refractivity contribution in [2.75, 3.05) is 4.90 Å². The van der Waals surface area contributed by atoms with Gasteiger partial charge in [-0.25, -0.2) is 9.29 Å². The van der Waals surface area contributed by atoms with Gasteiger partial charge in [0.25, 0.3) is 11.8 Å². The molecule has 1 aliphatic heterocycles. The maximum atomic E-state index is 14.3. The van der Waals surface area contributed by atoms with E-state index in [0.29, 0.717) is 17.9 Å². The number of hydrogen-bond acceptors (Lipinski definition) is 4. The predicted molar refractivity (Wildman–Crippen MR) is 153 cm³/mol. The average molecular weight is 763 g/mol. The van der Waals surface area contributed by atoms with Crippen molar-refractivity contribution in [1.29, 1.82) is 0 Å². The van der Waals surface area contributed by atoms with Crippen LogP contribution < -0.4 is 15.0 Å². The van der Waals surface area contributed by atoms with Gasteiger partial charge in [0.05, 0.1) is 12.8 Å². The number of rotatable bonds is 5. The normalized spacial score (nSPS) is 15.0. The van der Waals surface area contributed by atoms with Crippen LogP contribution in [0.5, 0.6) is 5.75 Å². The highest BCUT2D eigenvalue weighted by Gasteiger charge is 2.35. The van der Waals surface area contributed by atoms with Crippen LogP contribution in [0.2, 0.25) is 0 Å². The van der Waals surface area contributed by atoms with Gasteiger partial charge in [-0.3, -0.25) is 14.9 Å². The van der Waals surface area contributed by atoms with E-state index in [1.54, 1.807) is 6.07 Å². The number of nitrogens with one attached hydrogen (secondary N) is 1. The van der Waals surface area contributed by atoms with E-state index in [2.05, 4.69) is 66.4 Å². The maximum absolute atomic E-state index is 14.3. The Kier molecular flexibility index (Phi) is 8.00. The van der Waals surface area contributed by atoms with Gasteiger partial charge in [0, 0.05) is 4.47 Å². The molecule has 1 N–H and O–H groups in total. The first-order valence-electron chi connectivity index (χ1n) is 9.77. The molecule has 0 unspecified atom stereocenters. The molecule has 4 rings (SSSR count). The second-order valence-electron chi connectivity index (χ2n) is 7.14. The molecule has 0 bridgehead atoms. The lowest BCUT2D eigenvalue weighted by atomic mass is 10.1. The minimum absolute atomic E-state index is 0.0238. The van der Waals surface area contributed by atoms with Crippen molar-refractivity contribution < 1.29 is 18.7 Å². The Bertz CT molecular complexity index is 1330. The summed E-state index contributed by atoms with van der Waals surface area (Å²) in [5.41, 5.74) is 1.48. The minimum atomic E-state index is -0.695. The molecule has 0 atom stereocenters. The van der Waals surface area contributed by atoms with E-state index < -0.39 is 17.6 Å². The highest BCUT2D eigenvalue weighted by atomic mass is 127. The zero-order valence-corrected chi connectivity index (χ0v) is 23.9. The van der Waals surface area contributed by atoms with Gasteiger partial charge in [0.15, 0.2) is 5.11 Å². The number of anilines is 1. The fraction of sp³-hybridized carbons (Fsp3) is 0.0417. The molecule has 10 heteroatoms. The molecule has 0 spiro atoms. The quantitative estimate of drug-likeness (QED) is 0.146. The number of para-hydroxylation sites is 1. The zero-order valence-electron chi connectivity index (χ0n) is 17.2. The highest BCUT2D eigenvalue weighted by Crippen LogP contribution is 2.31. The van der Waals surface area contributed by atoms with Crippen LogP contribution in [0.25, 0.3) is 6.08 Å². The predicted octanol–water partition coefficient (Wildman–Crippen LogP) is 6.21. The molecule has 3 aromatic carbocycles. The molecule has 1 fully saturated rings. The molecular formula is C24H14BrFI2N2O3S. The van der Waals surface area contributed by atoms with E-state index in [-0.39, 0.29) is 16.4 Å². The number of ether oxygens (including phenoxy) is 1. The SMILES string of the molecule is O=C1NC(=S)N(c2ccccc2F)C(=O)/C1=C/c1cc(I)c(OCc2ccc(Br)cc2)c(I)c1. The third kappa shape index (κ3) is 5.50. The molecule has 172 valence electrons. The van der Waals surface area contributed by atoms with Gasteiger partial charge in [-0.05, 0) is 111 Å². The molecule has 5 nitrogen and oxygen atoms in total. The van der Waals surface area contributed by atoms with E-state index in [4.69, 9.17) is 17.0 Å². The second kappa shape index (κ2) is 10.8. The number of benzene rings is 3. The number of thiocarbonyl (C=S) groups is 1. The standard InChI is InChI=1S/C24H14BrFI2N2O3S/c25-15-7-5-13(6-8-15)12-33-21-18(27)10-14(11-19(21)28)9-16-22(31)29-24(34)30(23(16)32)20-4-2-1-3-17(20)26/h1-11H,12H2,(H,29,31,34)/b16-9+. The lowest BCUT2D eigenvalue weighted by Gasteiger charge is -2.29. The summed E-state index contributed by atoms with van der Waals surface area (Å²) in [6.07, 6.45) is 1.47. The van der Waals surface area contributed by atoms with Crippen molar-refractivity contribution in [3.05, 3.63) is 94.8 Å². The fourth-order valence-corrected chi connectivity index (χ4v) is 5.88. The first-order chi connectivity index (χ1) is 16.2. The van der Waals surface area contributed by atoms with Crippen LogP contribution in [0.4, 0.5) is 10.1 Å². The van der Waals surface area contributed by atoms with Gasteiger partial charge in [-0.1, -0.05) is 40.2 Å². The first-order valence-corrected chi connectivity index (χ1v) is 13.1. The Hall–Kier alpha value is -1.90. The third-order valence-corrected chi connectivity index (χ3v) is 7.24. The Morgan fingerprint density at radius 2 is 1.71 bits per heavy atom. The summed E-state index contributed by atoms with van der Waals surface area (Å²) in [7, 11) is 0. The van der Waals surface area contributed by atoms with Crippen LogP contribution in [0.1, 0.15) is 11.1 Å². The highest BCUT2D eigenvalue weighted by molar-refractivity contribution is 14.1. The molecule has 1 saturated heterocycles. The van der Waals surface area contributed by atoms with E-state index in [1.807, 2.05) is 36.4 Å². The van der Waals surface area contributed by atoms with Crippen molar-refractivity contribution in [3.8, 4) is 5.75 Å². The minimum Gasteiger partial charge on any atom is -0.487 e. The van der Waals surface area contributed by atoms with Gasteiger partial charge in [-0.15, -0.1) is 0 Å². The van der Waals surface area contributed by atoms with Crippen molar-refractivity contribution >= 4 is 102 Å². The summed E-state index contributed by atoms with van der Waals surface area (Å²) in [5, 5.41) is 2.30. The summed E-state index contributed by atoms with van der Waals surface area (Å²) < 4.78 is 23.0. The van der Waals surface area contributed by atoms with Crippen LogP contribution in [0.3, 0.4) is 0 Å². The van der Waals surface area contributed by atoms with Gasteiger partial charge in [0.2, 0.25) is 0 Å². The topological polar surface area (TPSA) is 58.6 Å². The van der Waals surface area contributed by atoms with Crippen molar-refractivity contribution in [2.45, 2.75) is 6.61 Å². The number of carbonyl (C=O) groups is 2. The summed E-state index contributed by atoms with van der Waals surface area (Å²) in [4.78, 5) is 26.7. The smallest absolute Gasteiger partial charge is 0.270 e. The number of nitrogens with zero attached hydrogens (tertiary/aromatic N) is 1. The van der Waals surface area contributed by atoms with Crippen molar-refractivity contribution in [1.82, 2.24) is 5.32 Å². The van der Waals surface area contributed by atoms with Gasteiger partial charge in [0.1, 0.15) is 23.7 Å². The van der Waals surface area contributed by atoms with Gasteiger partial charge >= 0.3 is 0 Å². The average Bonchev–Trinajstić information content (AvgIpc) is 2.78. The monoisotopic (exact) mass is 762 g/mol. The van der Waals surface area contributed by atoms with Gasteiger partial charge in [-0.2, -0.15) is 0 Å². The lowest BCUT2D eigenvalue weighted by molar-refractivity contribution is -0.122. The molecule has 2 amide bonds. The summed E-state index contributed by atoms with van der Waals surface area (Å²) in [6, 6.07) is 17.2. The van der Waals surface area contributed by atoms with Crippen LogP contribution in [0.15, 0.2) is 70.7 Å². The van der Waals surface area contributed by atoms with E-state index >= 15 is 0 Å². The first kappa shape index (κ1) is 25.2. The van der Waals surface area contributed by atoms with E-state index in [1.165, 1.54) is 24.3 Å². The Morgan fingerprint density at radius 1 is 1.06 bits per heavy atom. The van der Waals surface area contributed by atoms with Crippen molar-refractivity contribution in [2.24, 2.45) is 0 Å². The van der Waals surface area contributed by atoms with Crippen LogP contribution in [-0.4, -0.2) is 16.9 Å². The summed E-state index contributed by atoms with van der Waals surface area (Å²) in [5.74, 6) is -1.24. The lowest BCUT2D eigenvalue weighted by Crippen LogP contribution is -2.54. The van der Waals surface area contributed by atoms with Crippen molar-refractivity contribution in [3.63, 3.8) is 0 Å². The Labute approximate surface area is 236 Å². The van der Waals surface area contributed by atoms with E-state index in [0.717, 1.165) is 22.1 Å². The second-order valence-corrected chi connectivity index (χ2v) is 10.8. The molecule has 0 saturated carbocycles. The molecular weight excluding hydrogens is 749 g/mol. The number of carbonyl (C=O) groups excluding carboxylic acids is 2. The summed E-state index contributed by atoms with van der Waals surface area (Å²) in [6.45, 7) is 0.398. The summed E-state index contributed by atoms with van der Waals surface area (Å²) >= 11 is 12.9. The largest absolute Gasteiger partial charge is 0.487 e.